The van der Waals surface area contributed by atoms with E-state index in [1.165, 1.54) is 11.3 Å². The molecule has 1 aromatic heterocycles. The van der Waals surface area contributed by atoms with Crippen molar-refractivity contribution in [2.75, 3.05) is 32.1 Å². The highest BCUT2D eigenvalue weighted by Gasteiger charge is 2.25. The number of piperidine rings is 1. The van der Waals surface area contributed by atoms with Gasteiger partial charge in [-0.1, -0.05) is 6.07 Å². The fourth-order valence-electron chi connectivity index (χ4n) is 3.15. The molecule has 8 nitrogen and oxygen atoms in total. The molecule has 0 unspecified atom stereocenters. The number of nitrogens with zero attached hydrogens (tertiary/aromatic N) is 2. The summed E-state index contributed by atoms with van der Waals surface area (Å²) in [7, 11) is 1.61. The maximum Gasteiger partial charge on any atom is 0.409 e. The predicted octanol–water partition coefficient (Wildman–Crippen LogP) is 3.55. The van der Waals surface area contributed by atoms with E-state index in [4.69, 9.17) is 9.47 Å². The standard InChI is InChI=1S/C20H26N4O4S/c1-4-28-20(26)24-9-7-14(8-10-24)21-18(25)16-12-29-19(23-16)22-15-11-13(2)5-6-17(15)27-3/h5-6,11-12,14H,4,7-10H2,1-3H3,(H,21,25)(H,22,23). The molecular weight excluding hydrogens is 392 g/mol. The highest BCUT2D eigenvalue weighted by Crippen LogP contribution is 2.30. The normalized spacial score (nSPS) is 14.4. The molecule has 1 saturated heterocycles. The van der Waals surface area contributed by atoms with Crippen molar-refractivity contribution >= 4 is 34.2 Å². The number of ether oxygens (including phenoxy) is 2. The van der Waals surface area contributed by atoms with E-state index in [9.17, 15) is 9.59 Å². The minimum Gasteiger partial charge on any atom is -0.495 e. The van der Waals surface area contributed by atoms with Crippen LogP contribution in [0.5, 0.6) is 5.75 Å². The molecule has 1 aliphatic rings. The Balaban J connectivity index is 1.55. The summed E-state index contributed by atoms with van der Waals surface area (Å²) in [6, 6.07) is 5.85. The smallest absolute Gasteiger partial charge is 0.409 e. The van der Waals surface area contributed by atoms with E-state index in [0.29, 0.717) is 49.1 Å². The van der Waals surface area contributed by atoms with Crippen LogP contribution >= 0.6 is 11.3 Å². The van der Waals surface area contributed by atoms with Crippen molar-refractivity contribution in [3.63, 3.8) is 0 Å². The van der Waals surface area contributed by atoms with E-state index in [-0.39, 0.29) is 18.0 Å². The molecule has 29 heavy (non-hydrogen) atoms. The van der Waals surface area contributed by atoms with Crippen LogP contribution in [-0.2, 0) is 4.74 Å². The number of amides is 2. The zero-order valence-electron chi connectivity index (χ0n) is 16.9. The van der Waals surface area contributed by atoms with Gasteiger partial charge in [-0.2, -0.15) is 0 Å². The maximum atomic E-state index is 12.5. The van der Waals surface area contributed by atoms with Gasteiger partial charge < -0.3 is 25.0 Å². The van der Waals surface area contributed by atoms with Crippen LogP contribution < -0.4 is 15.4 Å². The molecule has 0 bridgehead atoms. The van der Waals surface area contributed by atoms with E-state index in [0.717, 1.165) is 11.3 Å². The van der Waals surface area contributed by atoms with Gasteiger partial charge in [0.2, 0.25) is 0 Å². The van der Waals surface area contributed by atoms with Gasteiger partial charge in [0.25, 0.3) is 5.91 Å². The molecule has 3 rings (SSSR count). The van der Waals surface area contributed by atoms with Gasteiger partial charge in [-0.15, -0.1) is 11.3 Å². The number of carbonyl (C=O) groups is 2. The van der Waals surface area contributed by atoms with E-state index < -0.39 is 0 Å². The van der Waals surface area contributed by atoms with E-state index in [1.807, 2.05) is 25.1 Å². The average molecular weight is 419 g/mol. The summed E-state index contributed by atoms with van der Waals surface area (Å²) < 4.78 is 10.4. The van der Waals surface area contributed by atoms with Crippen LogP contribution in [0.2, 0.25) is 0 Å². The molecule has 1 aromatic carbocycles. The molecule has 1 aliphatic heterocycles. The SMILES string of the molecule is CCOC(=O)N1CCC(NC(=O)c2csc(Nc3cc(C)ccc3OC)n2)CC1. The number of nitrogens with one attached hydrogen (secondary N) is 2. The predicted molar refractivity (Wildman–Crippen MR) is 112 cm³/mol. The van der Waals surface area contributed by atoms with Crippen LogP contribution in [0.4, 0.5) is 15.6 Å². The Morgan fingerprint density at radius 3 is 2.76 bits per heavy atom. The van der Waals surface area contributed by atoms with Gasteiger partial charge in [0, 0.05) is 24.5 Å². The molecule has 2 N–H and O–H groups in total. The van der Waals surface area contributed by atoms with Crippen molar-refractivity contribution in [1.29, 1.82) is 0 Å². The summed E-state index contributed by atoms with van der Waals surface area (Å²) in [6.07, 6.45) is 1.10. The molecule has 0 aliphatic carbocycles. The quantitative estimate of drug-likeness (QED) is 0.745. The van der Waals surface area contributed by atoms with Crippen molar-refractivity contribution in [2.24, 2.45) is 0 Å². The molecule has 156 valence electrons. The number of likely N-dealkylation sites (tertiary alicyclic amines) is 1. The second-order valence-corrected chi connectivity index (χ2v) is 7.66. The van der Waals surface area contributed by atoms with Crippen molar-refractivity contribution in [3.05, 3.63) is 34.8 Å². The number of aryl methyl sites for hydroxylation is 1. The zero-order valence-corrected chi connectivity index (χ0v) is 17.7. The Morgan fingerprint density at radius 1 is 1.31 bits per heavy atom. The monoisotopic (exact) mass is 418 g/mol. The van der Waals surface area contributed by atoms with Gasteiger partial charge in [0.05, 0.1) is 19.4 Å². The van der Waals surface area contributed by atoms with Crippen molar-refractivity contribution in [2.45, 2.75) is 32.7 Å². The fourth-order valence-corrected chi connectivity index (χ4v) is 3.85. The third-order valence-electron chi connectivity index (χ3n) is 4.69. The largest absolute Gasteiger partial charge is 0.495 e. The van der Waals surface area contributed by atoms with Crippen LogP contribution in [0.25, 0.3) is 0 Å². The topological polar surface area (TPSA) is 92.8 Å². The van der Waals surface area contributed by atoms with E-state index in [1.54, 1.807) is 24.3 Å². The van der Waals surface area contributed by atoms with Crippen LogP contribution in [0.1, 0.15) is 35.8 Å². The zero-order chi connectivity index (χ0) is 20.8. The molecule has 2 heterocycles. The van der Waals surface area contributed by atoms with Crippen LogP contribution in [0.3, 0.4) is 0 Å². The summed E-state index contributed by atoms with van der Waals surface area (Å²) in [5, 5.41) is 8.58. The van der Waals surface area contributed by atoms with Gasteiger partial charge in [0.1, 0.15) is 11.4 Å². The molecule has 0 atom stereocenters. The summed E-state index contributed by atoms with van der Waals surface area (Å²) in [6.45, 7) is 5.29. The lowest BCUT2D eigenvalue weighted by molar-refractivity contribution is 0.0857. The Kier molecular flexibility index (Phi) is 6.92. The summed E-state index contributed by atoms with van der Waals surface area (Å²) >= 11 is 1.36. The number of hydrogen-bond donors (Lipinski definition) is 2. The van der Waals surface area contributed by atoms with Gasteiger partial charge in [-0.05, 0) is 44.4 Å². The first-order valence-electron chi connectivity index (χ1n) is 9.60. The Morgan fingerprint density at radius 2 is 2.07 bits per heavy atom. The number of carbonyl (C=O) groups excluding carboxylic acids is 2. The summed E-state index contributed by atoms with van der Waals surface area (Å²) in [5.74, 6) is 0.505. The van der Waals surface area contributed by atoms with Gasteiger partial charge >= 0.3 is 6.09 Å². The lowest BCUT2D eigenvalue weighted by atomic mass is 10.1. The third-order valence-corrected chi connectivity index (χ3v) is 5.45. The third kappa shape index (κ3) is 5.38. The number of hydrogen-bond acceptors (Lipinski definition) is 7. The Hall–Kier alpha value is -2.81. The molecule has 1 fully saturated rings. The van der Waals surface area contributed by atoms with Crippen molar-refractivity contribution in [3.8, 4) is 5.75 Å². The fraction of sp³-hybridized carbons (Fsp3) is 0.450. The van der Waals surface area contributed by atoms with Crippen molar-refractivity contribution in [1.82, 2.24) is 15.2 Å². The molecular formula is C20H26N4O4S. The lowest BCUT2D eigenvalue weighted by Crippen LogP contribution is -2.46. The molecule has 2 aromatic rings. The number of anilines is 2. The molecule has 9 heteroatoms. The first-order chi connectivity index (χ1) is 14.0. The number of thiazole rings is 1. The molecule has 0 radical (unpaired) electrons. The Bertz CT molecular complexity index is 862. The lowest BCUT2D eigenvalue weighted by Gasteiger charge is -2.31. The number of rotatable bonds is 6. The number of aromatic nitrogens is 1. The first kappa shape index (κ1) is 20.9. The number of benzene rings is 1. The molecule has 0 saturated carbocycles. The van der Waals surface area contributed by atoms with Crippen LogP contribution in [0.15, 0.2) is 23.6 Å². The van der Waals surface area contributed by atoms with Gasteiger partial charge in [-0.3, -0.25) is 4.79 Å². The van der Waals surface area contributed by atoms with Gasteiger partial charge in [-0.25, -0.2) is 9.78 Å². The molecule has 0 spiro atoms. The molecule has 2 amide bonds. The second-order valence-electron chi connectivity index (χ2n) is 6.80. The number of methoxy groups -OCH3 is 1. The highest BCUT2D eigenvalue weighted by atomic mass is 32.1. The van der Waals surface area contributed by atoms with Crippen LogP contribution in [-0.4, -0.2) is 54.7 Å². The summed E-state index contributed by atoms with van der Waals surface area (Å²) in [4.78, 5) is 30.4. The highest BCUT2D eigenvalue weighted by molar-refractivity contribution is 7.14. The van der Waals surface area contributed by atoms with Gasteiger partial charge in [0.15, 0.2) is 5.13 Å². The van der Waals surface area contributed by atoms with E-state index in [2.05, 4.69) is 15.6 Å². The average Bonchev–Trinajstić information content (AvgIpc) is 3.17. The maximum absolute atomic E-state index is 12.5. The van der Waals surface area contributed by atoms with Crippen molar-refractivity contribution < 1.29 is 19.1 Å². The first-order valence-corrected chi connectivity index (χ1v) is 10.5. The minimum absolute atomic E-state index is 0.0168. The second kappa shape index (κ2) is 9.60. The van der Waals surface area contributed by atoms with E-state index >= 15 is 0 Å². The minimum atomic E-state index is -0.293. The van der Waals surface area contributed by atoms with Crippen LogP contribution in [0, 0.1) is 6.92 Å². The Labute approximate surface area is 174 Å². The summed E-state index contributed by atoms with van der Waals surface area (Å²) in [5.41, 5.74) is 2.27.